The number of aromatic nitrogens is 2. The largest absolute Gasteiger partial charge is 0.458 e. The van der Waals surface area contributed by atoms with Gasteiger partial charge in [0.25, 0.3) is 6.71 Å². The number of thiophene rings is 1. The number of ether oxygens (including phenoxy) is 2. The van der Waals surface area contributed by atoms with Crippen LogP contribution in [0.25, 0.3) is 75.2 Å². The lowest BCUT2D eigenvalue weighted by Crippen LogP contribution is -2.57. The molecule has 13 rings (SSSR count). The van der Waals surface area contributed by atoms with Gasteiger partial charge in [-0.3, -0.25) is 0 Å². The Labute approximate surface area is 326 Å². The van der Waals surface area contributed by atoms with Crippen molar-refractivity contribution >= 4 is 98.2 Å². The van der Waals surface area contributed by atoms with Crippen LogP contribution in [0.3, 0.4) is 0 Å². The van der Waals surface area contributed by atoms with Crippen LogP contribution < -0.4 is 25.9 Å². The van der Waals surface area contributed by atoms with Crippen molar-refractivity contribution in [3.63, 3.8) is 0 Å². The van der Waals surface area contributed by atoms with E-state index in [0.29, 0.717) is 0 Å². The van der Waals surface area contributed by atoms with Crippen molar-refractivity contribution in [1.82, 2.24) is 9.13 Å². The lowest BCUT2D eigenvalue weighted by molar-refractivity contribution is 0.464. The van der Waals surface area contributed by atoms with E-state index in [1.165, 1.54) is 80.3 Å². The Kier molecular flexibility index (Phi) is 5.97. The molecule has 0 aliphatic carbocycles. The molecule has 0 saturated carbocycles. The number of aryl methyl sites for hydroxylation is 2. The number of rotatable bonds is 2. The van der Waals surface area contributed by atoms with E-state index in [0.717, 1.165) is 45.4 Å². The van der Waals surface area contributed by atoms with Gasteiger partial charge in [0.2, 0.25) is 0 Å². The predicted molar refractivity (Wildman–Crippen MR) is 235 cm³/mol. The van der Waals surface area contributed by atoms with Crippen LogP contribution >= 0.6 is 11.3 Å². The predicted octanol–water partition coefficient (Wildman–Crippen LogP) is 11.6. The van der Waals surface area contributed by atoms with Crippen LogP contribution in [0.2, 0.25) is 0 Å². The molecule has 0 N–H and O–H groups in total. The molecular formula is C50H31BN2O2S. The molecule has 0 atom stereocenters. The average Bonchev–Trinajstić information content (AvgIpc) is 3.88. The van der Waals surface area contributed by atoms with E-state index in [9.17, 15) is 0 Å². The Balaban J connectivity index is 1.23. The average molecular weight is 735 g/mol. The van der Waals surface area contributed by atoms with Crippen LogP contribution in [0.5, 0.6) is 23.0 Å². The normalized spacial score (nSPS) is 13.1. The zero-order valence-electron chi connectivity index (χ0n) is 30.6. The molecule has 262 valence electrons. The maximum Gasteiger partial charge on any atom is 0.260 e. The fraction of sp³-hybridized carbons (Fsp3) is 0.0400. The van der Waals surface area contributed by atoms with E-state index in [1.54, 1.807) is 0 Å². The molecule has 0 bridgehead atoms. The van der Waals surface area contributed by atoms with Gasteiger partial charge in [0.05, 0.1) is 27.8 Å². The molecule has 4 nitrogen and oxygen atoms in total. The van der Waals surface area contributed by atoms with Gasteiger partial charge in [-0.05, 0) is 78.4 Å². The van der Waals surface area contributed by atoms with E-state index in [-0.39, 0.29) is 6.71 Å². The minimum absolute atomic E-state index is 0.00892. The van der Waals surface area contributed by atoms with Gasteiger partial charge in [-0.15, -0.1) is 11.3 Å². The van der Waals surface area contributed by atoms with Crippen molar-refractivity contribution in [1.29, 1.82) is 0 Å². The third kappa shape index (κ3) is 3.93. The van der Waals surface area contributed by atoms with Gasteiger partial charge >= 0.3 is 0 Å². The summed E-state index contributed by atoms with van der Waals surface area (Å²) in [6, 6.07) is 55.2. The fourth-order valence-corrected chi connectivity index (χ4v) is 11.1. The van der Waals surface area contributed by atoms with Crippen LogP contribution in [-0.2, 0) is 0 Å². The highest BCUT2D eigenvalue weighted by Gasteiger charge is 2.41. The molecule has 56 heavy (non-hydrogen) atoms. The van der Waals surface area contributed by atoms with Crippen LogP contribution in [0, 0.1) is 13.8 Å². The number of hydrogen-bond acceptors (Lipinski definition) is 3. The Bertz CT molecular complexity index is 3440. The zero-order chi connectivity index (χ0) is 36.8. The van der Waals surface area contributed by atoms with Gasteiger partial charge in [0, 0.05) is 65.0 Å². The standard InChI is InChI=1S/C50H31BN2O2S/c1-28-20-22-35-39(24-28)54-41-26-31(27-42-47(41)51(35)36-23-21-29(2)25-40(36)55-42)53-38-18-10-7-15-33(38)45-48(53)44-32-14-6-9-17-37(32)52(30-12-4-3-5-13-30)49(44)46-34-16-8-11-19-43(34)56-50(45)46/h3-27H,1-2H3. The molecule has 2 aliphatic rings. The Morgan fingerprint density at radius 1 is 0.464 bits per heavy atom. The molecule has 0 spiro atoms. The second-order valence-corrected chi connectivity index (χ2v) is 16.4. The molecule has 8 aromatic carbocycles. The summed E-state index contributed by atoms with van der Waals surface area (Å²) in [6.45, 7) is 4.27. The van der Waals surface area contributed by atoms with Gasteiger partial charge in [-0.1, -0.05) is 97.1 Å². The first-order valence-electron chi connectivity index (χ1n) is 19.2. The van der Waals surface area contributed by atoms with E-state index >= 15 is 0 Å². The minimum atomic E-state index is 0.00892. The van der Waals surface area contributed by atoms with Crippen molar-refractivity contribution in [2.45, 2.75) is 13.8 Å². The lowest BCUT2D eigenvalue weighted by atomic mass is 9.35. The van der Waals surface area contributed by atoms with Crippen LogP contribution in [-0.4, -0.2) is 15.8 Å². The molecule has 5 heterocycles. The summed E-state index contributed by atoms with van der Waals surface area (Å²) in [6.07, 6.45) is 0. The smallest absolute Gasteiger partial charge is 0.260 e. The third-order valence-corrected chi connectivity index (χ3v) is 13.3. The first kappa shape index (κ1) is 30.6. The second-order valence-electron chi connectivity index (χ2n) is 15.4. The van der Waals surface area contributed by atoms with Crippen molar-refractivity contribution in [3.8, 4) is 34.4 Å². The molecule has 0 amide bonds. The van der Waals surface area contributed by atoms with E-state index in [2.05, 4.69) is 175 Å². The van der Waals surface area contributed by atoms with Crippen molar-refractivity contribution in [2.75, 3.05) is 0 Å². The molecule has 0 saturated heterocycles. The highest BCUT2D eigenvalue weighted by Crippen LogP contribution is 2.51. The van der Waals surface area contributed by atoms with Gasteiger partial charge in [0.15, 0.2) is 0 Å². The van der Waals surface area contributed by atoms with Crippen molar-refractivity contribution < 1.29 is 9.47 Å². The molecule has 0 fully saturated rings. The summed E-state index contributed by atoms with van der Waals surface area (Å²) >= 11 is 1.89. The Hall–Kier alpha value is -6.76. The monoisotopic (exact) mass is 734 g/mol. The van der Waals surface area contributed by atoms with Crippen molar-refractivity contribution in [2.24, 2.45) is 0 Å². The number of para-hydroxylation sites is 3. The quantitative estimate of drug-likeness (QED) is 0.165. The highest BCUT2D eigenvalue weighted by molar-refractivity contribution is 7.27. The molecular weight excluding hydrogens is 703 g/mol. The van der Waals surface area contributed by atoms with Crippen LogP contribution in [0.15, 0.2) is 152 Å². The van der Waals surface area contributed by atoms with Crippen molar-refractivity contribution in [3.05, 3.63) is 163 Å². The van der Waals surface area contributed by atoms with Gasteiger partial charge in [0.1, 0.15) is 23.0 Å². The summed E-state index contributed by atoms with van der Waals surface area (Å²) in [5.41, 5.74) is 12.7. The maximum absolute atomic E-state index is 6.94. The molecule has 3 aromatic heterocycles. The molecule has 6 heteroatoms. The molecule has 0 radical (unpaired) electrons. The molecule has 0 unspecified atom stereocenters. The second kappa shape index (κ2) is 10.9. The fourth-order valence-electron chi connectivity index (χ4n) is 9.82. The topological polar surface area (TPSA) is 28.3 Å². The maximum atomic E-state index is 6.94. The Morgan fingerprint density at radius 2 is 0.982 bits per heavy atom. The first-order valence-corrected chi connectivity index (χ1v) is 20.0. The summed E-state index contributed by atoms with van der Waals surface area (Å²) in [5.74, 6) is 3.48. The summed E-state index contributed by atoms with van der Waals surface area (Å²) in [5, 5.41) is 7.53. The van der Waals surface area contributed by atoms with Crippen LogP contribution in [0.1, 0.15) is 11.1 Å². The number of hydrogen-bond donors (Lipinski definition) is 0. The van der Waals surface area contributed by atoms with Crippen LogP contribution in [0.4, 0.5) is 0 Å². The van der Waals surface area contributed by atoms with E-state index in [4.69, 9.17) is 9.47 Å². The van der Waals surface area contributed by atoms with Gasteiger partial charge in [-0.25, -0.2) is 0 Å². The molecule has 2 aliphatic heterocycles. The summed E-state index contributed by atoms with van der Waals surface area (Å²) < 4.78 is 21.4. The number of fused-ring (bicyclic) bond motifs is 16. The highest BCUT2D eigenvalue weighted by atomic mass is 32.1. The third-order valence-electron chi connectivity index (χ3n) is 12.1. The number of nitrogens with zero attached hydrogens (tertiary/aromatic N) is 2. The van der Waals surface area contributed by atoms with Gasteiger partial charge in [-0.2, -0.15) is 0 Å². The minimum Gasteiger partial charge on any atom is -0.458 e. The first-order chi connectivity index (χ1) is 27.6. The van der Waals surface area contributed by atoms with E-state index in [1.807, 2.05) is 11.3 Å². The Morgan fingerprint density at radius 3 is 1.62 bits per heavy atom. The zero-order valence-corrected chi connectivity index (χ0v) is 31.4. The van der Waals surface area contributed by atoms with E-state index < -0.39 is 0 Å². The summed E-state index contributed by atoms with van der Waals surface area (Å²) in [7, 11) is 0. The van der Waals surface area contributed by atoms with Gasteiger partial charge < -0.3 is 18.6 Å². The molecule has 11 aromatic rings. The lowest BCUT2D eigenvalue weighted by Gasteiger charge is -2.33. The summed E-state index contributed by atoms with van der Waals surface area (Å²) in [4.78, 5) is 0. The number of benzene rings is 8. The SMILES string of the molecule is Cc1ccc2c(c1)Oc1cc(-n3c4ccccc4c4c5sc6ccccc6c5c5c(c6ccccc6n5-c5ccccc5)c43)cc3c1B2c1ccc(C)cc1O3.